The monoisotopic (exact) mass is 342 g/mol. The molecular formula is C19H22N2O4. The maximum absolute atomic E-state index is 11.7. The largest absolute Gasteiger partial charge is 0.492 e. The molecule has 3 rings (SSSR count). The molecule has 25 heavy (non-hydrogen) atoms. The number of fused-ring (bicyclic) bond motifs is 1. The summed E-state index contributed by atoms with van der Waals surface area (Å²) in [6, 6.07) is 15.5. The Morgan fingerprint density at radius 2 is 1.80 bits per heavy atom. The number of ether oxygens (including phenoxy) is 3. The van der Waals surface area contributed by atoms with Crippen LogP contribution < -0.4 is 24.8 Å². The zero-order valence-electron chi connectivity index (χ0n) is 14.0. The summed E-state index contributed by atoms with van der Waals surface area (Å²) in [7, 11) is 0. The molecule has 0 unspecified atom stereocenters. The summed E-state index contributed by atoms with van der Waals surface area (Å²) in [4.78, 5) is 11.7. The maximum Gasteiger partial charge on any atom is 0.314 e. The number of carbonyl (C=O) groups is 1. The molecule has 0 atom stereocenters. The molecule has 0 radical (unpaired) electrons. The van der Waals surface area contributed by atoms with Crippen molar-refractivity contribution >= 4 is 6.03 Å². The van der Waals surface area contributed by atoms with Crippen LogP contribution >= 0.6 is 0 Å². The molecular weight excluding hydrogens is 320 g/mol. The van der Waals surface area contributed by atoms with E-state index in [1.54, 1.807) is 6.07 Å². The molecule has 2 N–H and O–H groups in total. The first kappa shape index (κ1) is 17.0. The highest BCUT2D eigenvalue weighted by molar-refractivity contribution is 5.73. The zero-order chi connectivity index (χ0) is 17.3. The zero-order valence-corrected chi connectivity index (χ0v) is 14.0. The molecule has 2 amide bonds. The van der Waals surface area contributed by atoms with E-state index in [1.807, 2.05) is 30.3 Å². The highest BCUT2D eigenvalue weighted by Crippen LogP contribution is 2.34. The fraction of sp³-hybridized carbons (Fsp3) is 0.316. The van der Waals surface area contributed by atoms with Crippen LogP contribution in [-0.2, 0) is 6.42 Å². The Kier molecular flexibility index (Phi) is 5.98. The summed E-state index contributed by atoms with van der Waals surface area (Å²) in [5, 5.41) is 5.62. The predicted molar refractivity (Wildman–Crippen MR) is 94.2 cm³/mol. The van der Waals surface area contributed by atoms with Crippen molar-refractivity contribution in [1.82, 2.24) is 10.6 Å². The average Bonchev–Trinajstić information content (AvgIpc) is 3.11. The average molecular weight is 342 g/mol. The Labute approximate surface area is 147 Å². The lowest BCUT2D eigenvalue weighted by Crippen LogP contribution is -2.38. The number of carbonyl (C=O) groups excluding carboxylic acids is 1. The van der Waals surface area contributed by atoms with E-state index in [-0.39, 0.29) is 12.8 Å². The molecule has 6 heteroatoms. The molecule has 0 aliphatic carbocycles. The molecule has 2 aromatic rings. The van der Waals surface area contributed by atoms with E-state index >= 15 is 0 Å². The van der Waals surface area contributed by atoms with Gasteiger partial charge >= 0.3 is 6.03 Å². The second-order valence-corrected chi connectivity index (χ2v) is 5.64. The Bertz CT molecular complexity index is 691. The minimum atomic E-state index is -0.178. The third-order valence-electron chi connectivity index (χ3n) is 3.77. The molecule has 1 aliphatic rings. The van der Waals surface area contributed by atoms with E-state index in [2.05, 4.69) is 22.8 Å². The second-order valence-electron chi connectivity index (χ2n) is 5.64. The first-order valence-corrected chi connectivity index (χ1v) is 8.39. The van der Waals surface area contributed by atoms with Crippen molar-refractivity contribution in [3.63, 3.8) is 0 Å². The van der Waals surface area contributed by atoms with Crippen LogP contribution in [0.3, 0.4) is 0 Å². The van der Waals surface area contributed by atoms with Gasteiger partial charge in [-0.05, 0) is 30.5 Å². The van der Waals surface area contributed by atoms with Gasteiger partial charge in [-0.25, -0.2) is 4.79 Å². The quantitative estimate of drug-likeness (QED) is 0.724. The molecule has 6 nitrogen and oxygen atoms in total. The van der Waals surface area contributed by atoms with E-state index in [9.17, 15) is 4.79 Å². The molecule has 1 aliphatic heterocycles. The van der Waals surface area contributed by atoms with Crippen LogP contribution in [0.2, 0.25) is 0 Å². The van der Waals surface area contributed by atoms with E-state index in [4.69, 9.17) is 14.2 Å². The summed E-state index contributed by atoms with van der Waals surface area (Å²) < 4.78 is 16.1. The number of amides is 2. The lowest BCUT2D eigenvalue weighted by molar-refractivity contribution is 0.173. The number of rotatable bonds is 8. The fourth-order valence-electron chi connectivity index (χ4n) is 2.50. The Hall–Kier alpha value is -2.89. The van der Waals surface area contributed by atoms with Gasteiger partial charge in [0.15, 0.2) is 11.5 Å². The van der Waals surface area contributed by atoms with Gasteiger partial charge in [0.1, 0.15) is 12.4 Å². The van der Waals surface area contributed by atoms with Crippen LogP contribution in [0.4, 0.5) is 4.79 Å². The lowest BCUT2D eigenvalue weighted by Gasteiger charge is -2.09. The summed E-state index contributed by atoms with van der Waals surface area (Å²) in [6.07, 6.45) is 1.86. The van der Waals surface area contributed by atoms with Crippen molar-refractivity contribution in [2.45, 2.75) is 12.8 Å². The smallest absolute Gasteiger partial charge is 0.314 e. The normalized spacial score (nSPS) is 11.8. The van der Waals surface area contributed by atoms with Gasteiger partial charge in [0, 0.05) is 12.6 Å². The highest BCUT2D eigenvalue weighted by Gasteiger charge is 2.13. The molecule has 0 saturated carbocycles. The van der Waals surface area contributed by atoms with Gasteiger partial charge in [0.05, 0.1) is 6.54 Å². The van der Waals surface area contributed by atoms with Crippen molar-refractivity contribution in [1.29, 1.82) is 0 Å². The lowest BCUT2D eigenvalue weighted by atomic mass is 10.1. The summed E-state index contributed by atoms with van der Waals surface area (Å²) in [5.41, 5.74) is 1.28. The van der Waals surface area contributed by atoms with Crippen molar-refractivity contribution in [2.24, 2.45) is 0 Å². The van der Waals surface area contributed by atoms with Gasteiger partial charge in [-0.15, -0.1) is 0 Å². The molecule has 0 saturated heterocycles. The SMILES string of the molecule is O=C(NCCCc1ccccc1)NCCOc1ccc2c(c1)OCO2. The molecule has 1 heterocycles. The molecule has 0 aromatic heterocycles. The minimum Gasteiger partial charge on any atom is -0.492 e. The predicted octanol–water partition coefficient (Wildman–Crippen LogP) is 2.73. The maximum atomic E-state index is 11.7. The molecule has 2 aromatic carbocycles. The van der Waals surface area contributed by atoms with Crippen molar-refractivity contribution in [3.05, 3.63) is 54.1 Å². The first-order valence-electron chi connectivity index (χ1n) is 8.39. The molecule has 0 fully saturated rings. The second kappa shape index (κ2) is 8.82. The number of nitrogens with one attached hydrogen (secondary N) is 2. The van der Waals surface area contributed by atoms with E-state index < -0.39 is 0 Å². The molecule has 0 spiro atoms. The standard InChI is InChI=1S/C19H22N2O4/c22-19(20-10-4-7-15-5-2-1-3-6-15)21-11-12-23-16-8-9-17-18(13-16)25-14-24-17/h1-3,5-6,8-9,13H,4,7,10-12,14H2,(H2,20,21,22). The topological polar surface area (TPSA) is 68.8 Å². The van der Waals surface area contributed by atoms with Crippen molar-refractivity contribution in [2.75, 3.05) is 26.5 Å². The number of hydrogen-bond donors (Lipinski definition) is 2. The number of aryl methyl sites for hydroxylation is 1. The number of hydrogen-bond acceptors (Lipinski definition) is 4. The Morgan fingerprint density at radius 1 is 1.00 bits per heavy atom. The summed E-state index contributed by atoms with van der Waals surface area (Å²) >= 11 is 0. The van der Waals surface area contributed by atoms with Crippen molar-refractivity contribution in [3.8, 4) is 17.2 Å². The summed E-state index contributed by atoms with van der Waals surface area (Å²) in [5.74, 6) is 2.09. The van der Waals surface area contributed by atoms with Gasteiger partial charge in [0.2, 0.25) is 6.79 Å². The fourth-order valence-corrected chi connectivity index (χ4v) is 2.50. The van der Waals surface area contributed by atoms with Crippen molar-refractivity contribution < 1.29 is 19.0 Å². The van der Waals surface area contributed by atoms with Gasteiger partial charge in [-0.2, -0.15) is 0 Å². The Morgan fingerprint density at radius 3 is 2.68 bits per heavy atom. The van der Waals surface area contributed by atoms with Crippen LogP contribution in [0.15, 0.2) is 48.5 Å². The number of benzene rings is 2. The van der Waals surface area contributed by atoms with E-state index in [0.717, 1.165) is 18.6 Å². The molecule has 0 bridgehead atoms. The van der Waals surface area contributed by atoms with Crippen LogP contribution in [0.1, 0.15) is 12.0 Å². The third-order valence-corrected chi connectivity index (χ3v) is 3.77. The van der Waals surface area contributed by atoms with E-state index in [0.29, 0.717) is 31.2 Å². The first-order chi connectivity index (χ1) is 12.3. The van der Waals surface area contributed by atoms with E-state index in [1.165, 1.54) is 5.56 Å². The third kappa shape index (κ3) is 5.31. The van der Waals surface area contributed by atoms with Crippen LogP contribution in [-0.4, -0.2) is 32.5 Å². The van der Waals surface area contributed by atoms with Gasteiger partial charge < -0.3 is 24.8 Å². The van der Waals surface area contributed by atoms with Gasteiger partial charge in [-0.3, -0.25) is 0 Å². The highest BCUT2D eigenvalue weighted by atomic mass is 16.7. The molecule has 132 valence electrons. The Balaban J connectivity index is 1.25. The minimum absolute atomic E-state index is 0.178. The van der Waals surface area contributed by atoms with Crippen LogP contribution in [0.25, 0.3) is 0 Å². The number of urea groups is 1. The van der Waals surface area contributed by atoms with Crippen LogP contribution in [0, 0.1) is 0 Å². The van der Waals surface area contributed by atoms with Gasteiger partial charge in [0.25, 0.3) is 0 Å². The summed E-state index contributed by atoms with van der Waals surface area (Å²) in [6.45, 7) is 1.70. The van der Waals surface area contributed by atoms with Gasteiger partial charge in [-0.1, -0.05) is 30.3 Å². The van der Waals surface area contributed by atoms with Crippen LogP contribution in [0.5, 0.6) is 17.2 Å².